The number of phenols is 1. The molecule has 5 rings (SSSR count). The van der Waals surface area contributed by atoms with Crippen LogP contribution >= 0.6 is 0 Å². The Bertz CT molecular complexity index is 1550. The summed E-state index contributed by atoms with van der Waals surface area (Å²) in [6.07, 6.45) is 0. The molecule has 0 fully saturated rings. The van der Waals surface area contributed by atoms with Crippen molar-refractivity contribution in [2.24, 2.45) is 0 Å². The van der Waals surface area contributed by atoms with Crippen LogP contribution in [0.2, 0.25) is 0 Å². The smallest absolute Gasteiger partial charge is 0.259 e. The Morgan fingerprint density at radius 1 is 0.735 bits per heavy atom. The molecule has 4 aromatic rings. The summed E-state index contributed by atoms with van der Waals surface area (Å²) in [5, 5.41) is 16.9. The molecule has 34 heavy (non-hydrogen) atoms. The number of carbonyl (C=O) groups is 4. The Morgan fingerprint density at radius 3 is 2.18 bits per heavy atom. The number of carbonyl (C=O) groups excluding carboxylic acids is 4. The van der Waals surface area contributed by atoms with E-state index in [1.807, 2.05) is 0 Å². The third-order valence-electron chi connectivity index (χ3n) is 5.89. The number of hydrogen-bond acceptors (Lipinski definition) is 5. The maximum Gasteiger partial charge on any atom is 0.259 e. The van der Waals surface area contributed by atoms with Crippen LogP contribution in [0.15, 0.2) is 72.8 Å². The van der Waals surface area contributed by atoms with Gasteiger partial charge in [0, 0.05) is 29.3 Å². The van der Waals surface area contributed by atoms with Crippen molar-refractivity contribution in [3.8, 4) is 5.75 Å². The van der Waals surface area contributed by atoms with Crippen molar-refractivity contribution in [1.82, 2.24) is 5.32 Å². The Balaban J connectivity index is 1.55. The molecular formula is C27H18N2O5. The van der Waals surface area contributed by atoms with Gasteiger partial charge in [-0.15, -0.1) is 0 Å². The minimum atomic E-state index is -0.655. The molecule has 2 amide bonds. The van der Waals surface area contributed by atoms with Crippen molar-refractivity contribution >= 4 is 39.8 Å². The van der Waals surface area contributed by atoms with Gasteiger partial charge in [-0.2, -0.15) is 0 Å². The van der Waals surface area contributed by atoms with Crippen LogP contribution < -0.4 is 10.6 Å². The highest BCUT2D eigenvalue weighted by Gasteiger charge is 2.32. The van der Waals surface area contributed by atoms with Crippen molar-refractivity contribution in [1.29, 1.82) is 0 Å². The molecule has 0 saturated heterocycles. The van der Waals surface area contributed by atoms with Crippen LogP contribution in [0.25, 0.3) is 10.8 Å². The minimum absolute atomic E-state index is 0.0332. The van der Waals surface area contributed by atoms with E-state index in [4.69, 9.17) is 0 Å². The number of aromatic hydroxyl groups is 1. The first-order valence-corrected chi connectivity index (χ1v) is 10.5. The van der Waals surface area contributed by atoms with Crippen molar-refractivity contribution in [3.05, 3.63) is 106 Å². The summed E-state index contributed by atoms with van der Waals surface area (Å²) in [5.41, 5.74) is 1.47. The Labute approximate surface area is 194 Å². The number of hydrogen-bond donors (Lipinski definition) is 3. The Hall–Kier alpha value is -4.78. The SMILES string of the molecule is CNC(=O)c1ccc2cc(O)c(C(=O)Nc3cccc4c3C(=O)c3ccccc3C4=O)cc2c1. The quantitative estimate of drug-likeness (QED) is 0.386. The van der Waals surface area contributed by atoms with E-state index in [1.54, 1.807) is 54.6 Å². The van der Waals surface area contributed by atoms with Crippen molar-refractivity contribution in [2.75, 3.05) is 12.4 Å². The van der Waals surface area contributed by atoms with E-state index in [0.29, 0.717) is 21.9 Å². The summed E-state index contributed by atoms with van der Waals surface area (Å²) in [4.78, 5) is 51.2. The molecule has 0 aromatic heterocycles. The maximum absolute atomic E-state index is 13.2. The van der Waals surface area contributed by atoms with E-state index in [-0.39, 0.29) is 51.2 Å². The van der Waals surface area contributed by atoms with Gasteiger partial charge in [-0.3, -0.25) is 19.2 Å². The molecule has 4 aromatic carbocycles. The van der Waals surface area contributed by atoms with Crippen LogP contribution in [-0.2, 0) is 0 Å². The first kappa shape index (κ1) is 21.1. The molecule has 7 nitrogen and oxygen atoms in total. The molecule has 1 aliphatic carbocycles. The molecule has 0 unspecified atom stereocenters. The molecule has 7 heteroatoms. The van der Waals surface area contributed by atoms with Crippen LogP contribution in [0.1, 0.15) is 52.6 Å². The fourth-order valence-corrected chi connectivity index (χ4v) is 4.19. The summed E-state index contributed by atoms with van der Waals surface area (Å²) >= 11 is 0. The summed E-state index contributed by atoms with van der Waals surface area (Å²) in [6, 6.07) is 19.1. The minimum Gasteiger partial charge on any atom is -0.507 e. The normalized spacial score (nSPS) is 12.1. The summed E-state index contributed by atoms with van der Waals surface area (Å²) in [5.74, 6) is -1.84. The molecule has 1 aliphatic rings. The van der Waals surface area contributed by atoms with Crippen LogP contribution in [0.4, 0.5) is 5.69 Å². The number of fused-ring (bicyclic) bond motifs is 3. The van der Waals surface area contributed by atoms with Gasteiger partial charge in [0.15, 0.2) is 11.6 Å². The Kier molecular flexibility index (Phi) is 4.94. The zero-order valence-corrected chi connectivity index (χ0v) is 18.0. The van der Waals surface area contributed by atoms with E-state index in [0.717, 1.165) is 0 Å². The van der Waals surface area contributed by atoms with E-state index < -0.39 is 5.91 Å². The number of phenolic OH excluding ortho intramolecular Hbond substituents is 1. The lowest BCUT2D eigenvalue weighted by Gasteiger charge is -2.20. The molecule has 0 atom stereocenters. The predicted molar refractivity (Wildman–Crippen MR) is 127 cm³/mol. The van der Waals surface area contributed by atoms with Crippen molar-refractivity contribution in [2.45, 2.75) is 0 Å². The monoisotopic (exact) mass is 450 g/mol. The van der Waals surface area contributed by atoms with Gasteiger partial charge in [0.25, 0.3) is 11.8 Å². The third-order valence-corrected chi connectivity index (χ3v) is 5.89. The van der Waals surface area contributed by atoms with E-state index >= 15 is 0 Å². The van der Waals surface area contributed by atoms with Gasteiger partial charge >= 0.3 is 0 Å². The van der Waals surface area contributed by atoms with Gasteiger partial charge in [0.05, 0.1) is 16.8 Å². The largest absolute Gasteiger partial charge is 0.507 e. The highest BCUT2D eigenvalue weighted by Crippen LogP contribution is 2.33. The standard InChI is InChI=1S/C27H18N2O5/c1-28-26(33)15-10-9-14-13-22(30)20(12-16(14)11-15)27(34)29-21-8-4-7-19-23(21)25(32)18-6-3-2-5-17(18)24(19)31/h2-13,30H,1H3,(H,28,33)(H,29,34). The Morgan fingerprint density at radius 2 is 1.44 bits per heavy atom. The second-order valence-electron chi connectivity index (χ2n) is 7.90. The maximum atomic E-state index is 13.2. The van der Waals surface area contributed by atoms with Gasteiger partial charge in [-0.05, 0) is 41.1 Å². The molecule has 3 N–H and O–H groups in total. The van der Waals surface area contributed by atoms with E-state index in [2.05, 4.69) is 10.6 Å². The lowest BCUT2D eigenvalue weighted by molar-refractivity contribution is 0.0961. The number of rotatable bonds is 3. The predicted octanol–water partition coefficient (Wildman–Crippen LogP) is 3.93. The topological polar surface area (TPSA) is 113 Å². The molecule has 0 saturated carbocycles. The summed E-state index contributed by atoms with van der Waals surface area (Å²) in [6.45, 7) is 0. The number of ketones is 2. The van der Waals surface area contributed by atoms with Crippen molar-refractivity contribution in [3.63, 3.8) is 0 Å². The molecular weight excluding hydrogens is 432 g/mol. The first-order valence-electron chi connectivity index (χ1n) is 10.5. The number of amides is 2. The van der Waals surface area contributed by atoms with Crippen LogP contribution in [0.5, 0.6) is 5.75 Å². The lowest BCUT2D eigenvalue weighted by atomic mass is 9.83. The van der Waals surface area contributed by atoms with Gasteiger partial charge in [-0.1, -0.05) is 42.5 Å². The lowest BCUT2D eigenvalue weighted by Crippen LogP contribution is -2.24. The highest BCUT2D eigenvalue weighted by molar-refractivity contribution is 6.30. The highest BCUT2D eigenvalue weighted by atomic mass is 16.3. The van der Waals surface area contributed by atoms with Gasteiger partial charge in [0.1, 0.15) is 5.75 Å². The van der Waals surface area contributed by atoms with E-state index in [9.17, 15) is 24.3 Å². The van der Waals surface area contributed by atoms with Crippen LogP contribution in [0.3, 0.4) is 0 Å². The number of anilines is 1. The second-order valence-corrected chi connectivity index (χ2v) is 7.90. The zero-order valence-electron chi connectivity index (χ0n) is 18.0. The summed E-state index contributed by atoms with van der Waals surface area (Å²) in [7, 11) is 1.52. The average Bonchev–Trinajstić information content (AvgIpc) is 2.86. The molecule has 166 valence electrons. The number of nitrogens with one attached hydrogen (secondary N) is 2. The first-order chi connectivity index (χ1) is 16.4. The molecule has 0 heterocycles. The molecule has 0 spiro atoms. The number of benzene rings is 4. The fourth-order valence-electron chi connectivity index (χ4n) is 4.19. The molecule has 0 aliphatic heterocycles. The van der Waals surface area contributed by atoms with Gasteiger partial charge in [0.2, 0.25) is 0 Å². The second kappa shape index (κ2) is 7.97. The van der Waals surface area contributed by atoms with Gasteiger partial charge in [-0.25, -0.2) is 0 Å². The average molecular weight is 450 g/mol. The third kappa shape index (κ3) is 3.31. The zero-order chi connectivity index (χ0) is 24.0. The van der Waals surface area contributed by atoms with Crippen LogP contribution in [0, 0.1) is 0 Å². The van der Waals surface area contributed by atoms with Gasteiger partial charge < -0.3 is 15.7 Å². The van der Waals surface area contributed by atoms with Crippen LogP contribution in [-0.4, -0.2) is 35.5 Å². The molecule has 0 radical (unpaired) electrons. The molecule has 0 bridgehead atoms. The summed E-state index contributed by atoms with van der Waals surface area (Å²) < 4.78 is 0. The van der Waals surface area contributed by atoms with E-state index in [1.165, 1.54) is 25.2 Å². The fraction of sp³-hybridized carbons (Fsp3) is 0.0370. The van der Waals surface area contributed by atoms with Crippen molar-refractivity contribution < 1.29 is 24.3 Å².